The van der Waals surface area contributed by atoms with E-state index in [9.17, 15) is 4.79 Å². The summed E-state index contributed by atoms with van der Waals surface area (Å²) in [4.78, 5) is 10.9. The largest absolute Gasteiger partial charge is 0.496 e. The molecule has 0 fully saturated rings. The van der Waals surface area contributed by atoms with Gasteiger partial charge in [-0.05, 0) is 6.07 Å². The molecule has 1 aromatic carbocycles. The maximum absolute atomic E-state index is 10.9. The minimum atomic E-state index is -0.637. The zero-order valence-corrected chi connectivity index (χ0v) is 7.76. The number of primary amides is 1. The van der Waals surface area contributed by atoms with Crippen molar-refractivity contribution in [3.8, 4) is 5.75 Å². The zero-order valence-electron chi connectivity index (χ0n) is 7.00. The molecular formula is C8H9ClN2O2. The Morgan fingerprint density at radius 2 is 2.15 bits per heavy atom. The predicted molar refractivity (Wildman–Crippen MR) is 50.9 cm³/mol. The number of nitrogens with two attached hydrogens (primary N) is 2. The number of hydrogen-bond donors (Lipinski definition) is 2. The fraction of sp³-hybridized carbons (Fsp3) is 0.125. The highest BCUT2D eigenvalue weighted by Gasteiger charge is 2.14. The van der Waals surface area contributed by atoms with Gasteiger partial charge in [0.25, 0.3) is 5.91 Å². The standard InChI is InChI=1S/C8H9ClN2O2/c1-13-6-3-4(10)2-5(9)7(6)8(11)12/h2-3H,10H2,1H3,(H2,11,12). The number of carbonyl (C=O) groups is 1. The number of hydrogen-bond acceptors (Lipinski definition) is 3. The summed E-state index contributed by atoms with van der Waals surface area (Å²) >= 11 is 5.75. The van der Waals surface area contributed by atoms with Gasteiger partial charge in [0.1, 0.15) is 5.75 Å². The fourth-order valence-electron chi connectivity index (χ4n) is 1.00. The molecule has 5 heteroatoms. The molecule has 0 radical (unpaired) electrons. The van der Waals surface area contributed by atoms with Crippen molar-refractivity contribution >= 4 is 23.2 Å². The third-order valence-corrected chi connectivity index (χ3v) is 1.84. The molecule has 70 valence electrons. The highest BCUT2D eigenvalue weighted by Crippen LogP contribution is 2.28. The maximum Gasteiger partial charge on any atom is 0.253 e. The molecular weight excluding hydrogens is 192 g/mol. The third kappa shape index (κ3) is 1.84. The first-order valence-corrected chi connectivity index (χ1v) is 3.87. The molecule has 13 heavy (non-hydrogen) atoms. The van der Waals surface area contributed by atoms with Gasteiger partial charge in [0.2, 0.25) is 0 Å². The van der Waals surface area contributed by atoms with Crippen LogP contribution in [0.3, 0.4) is 0 Å². The van der Waals surface area contributed by atoms with Crippen LogP contribution >= 0.6 is 11.6 Å². The van der Waals surface area contributed by atoms with Crippen molar-refractivity contribution in [3.63, 3.8) is 0 Å². The quantitative estimate of drug-likeness (QED) is 0.700. The van der Waals surface area contributed by atoms with Crippen molar-refractivity contribution in [1.82, 2.24) is 0 Å². The van der Waals surface area contributed by atoms with Crippen molar-refractivity contribution in [2.45, 2.75) is 0 Å². The second-order valence-electron chi connectivity index (χ2n) is 2.44. The van der Waals surface area contributed by atoms with E-state index in [0.29, 0.717) is 5.69 Å². The van der Waals surface area contributed by atoms with Gasteiger partial charge in [0.05, 0.1) is 17.7 Å². The molecule has 0 aliphatic rings. The SMILES string of the molecule is COc1cc(N)cc(Cl)c1C(N)=O. The van der Waals surface area contributed by atoms with Gasteiger partial charge in [-0.15, -0.1) is 0 Å². The molecule has 1 amide bonds. The second kappa shape index (κ2) is 3.53. The smallest absolute Gasteiger partial charge is 0.253 e. The van der Waals surface area contributed by atoms with Gasteiger partial charge < -0.3 is 16.2 Å². The van der Waals surface area contributed by atoms with Crippen LogP contribution in [0.5, 0.6) is 5.75 Å². The van der Waals surface area contributed by atoms with E-state index in [2.05, 4.69) is 0 Å². The summed E-state index contributed by atoms with van der Waals surface area (Å²) in [6.07, 6.45) is 0. The van der Waals surface area contributed by atoms with E-state index in [1.165, 1.54) is 19.2 Å². The second-order valence-corrected chi connectivity index (χ2v) is 2.85. The Bertz CT molecular complexity index is 352. The molecule has 0 spiro atoms. The lowest BCUT2D eigenvalue weighted by Crippen LogP contribution is -2.13. The van der Waals surface area contributed by atoms with Crippen LogP contribution < -0.4 is 16.2 Å². The normalized spacial score (nSPS) is 9.69. The Balaban J connectivity index is 3.38. The summed E-state index contributed by atoms with van der Waals surface area (Å²) in [7, 11) is 1.41. The van der Waals surface area contributed by atoms with Gasteiger partial charge in [-0.2, -0.15) is 0 Å². The van der Waals surface area contributed by atoms with E-state index in [1.807, 2.05) is 0 Å². The Kier molecular flexibility index (Phi) is 2.63. The number of ether oxygens (including phenoxy) is 1. The van der Waals surface area contributed by atoms with E-state index in [1.54, 1.807) is 0 Å². The molecule has 4 nitrogen and oxygen atoms in total. The van der Waals surface area contributed by atoms with E-state index < -0.39 is 5.91 Å². The Morgan fingerprint density at radius 3 is 2.62 bits per heavy atom. The van der Waals surface area contributed by atoms with Gasteiger partial charge in [-0.3, -0.25) is 4.79 Å². The minimum Gasteiger partial charge on any atom is -0.496 e. The van der Waals surface area contributed by atoms with Crippen LogP contribution in [0.25, 0.3) is 0 Å². The van der Waals surface area contributed by atoms with Gasteiger partial charge in [0.15, 0.2) is 0 Å². The summed E-state index contributed by atoms with van der Waals surface area (Å²) < 4.78 is 4.90. The zero-order chi connectivity index (χ0) is 10.0. The number of nitrogen functional groups attached to an aromatic ring is 1. The van der Waals surface area contributed by atoms with E-state index in [-0.39, 0.29) is 16.3 Å². The highest BCUT2D eigenvalue weighted by atomic mass is 35.5. The fourth-order valence-corrected chi connectivity index (χ4v) is 1.31. The van der Waals surface area contributed by atoms with Crippen molar-refractivity contribution < 1.29 is 9.53 Å². The number of amides is 1. The minimum absolute atomic E-state index is 0.151. The number of rotatable bonds is 2. The first-order valence-electron chi connectivity index (χ1n) is 3.49. The molecule has 0 unspecified atom stereocenters. The summed E-state index contributed by atoms with van der Waals surface area (Å²) in [6, 6.07) is 2.94. The van der Waals surface area contributed by atoms with E-state index >= 15 is 0 Å². The van der Waals surface area contributed by atoms with Crippen LogP contribution in [-0.2, 0) is 0 Å². The predicted octanol–water partition coefficient (Wildman–Crippen LogP) is 1.03. The molecule has 0 aromatic heterocycles. The Hall–Kier alpha value is -1.42. The van der Waals surface area contributed by atoms with Gasteiger partial charge in [-0.25, -0.2) is 0 Å². The molecule has 0 aliphatic carbocycles. The number of carbonyl (C=O) groups excluding carboxylic acids is 1. The molecule has 1 rings (SSSR count). The monoisotopic (exact) mass is 200 g/mol. The summed E-state index contributed by atoms with van der Waals surface area (Å²) in [6.45, 7) is 0. The van der Waals surface area contributed by atoms with Crippen LogP contribution in [-0.4, -0.2) is 13.0 Å². The topological polar surface area (TPSA) is 78.3 Å². The summed E-state index contributed by atoms with van der Waals surface area (Å²) in [5, 5.41) is 0.198. The molecule has 0 bridgehead atoms. The van der Waals surface area contributed by atoms with Gasteiger partial charge >= 0.3 is 0 Å². The third-order valence-electron chi connectivity index (χ3n) is 1.54. The summed E-state index contributed by atoms with van der Waals surface area (Å²) in [5.74, 6) is -0.348. The molecule has 0 atom stereocenters. The molecule has 0 heterocycles. The van der Waals surface area contributed by atoms with Crippen molar-refractivity contribution in [1.29, 1.82) is 0 Å². The average Bonchev–Trinajstić information content (AvgIpc) is 2.01. The molecule has 0 saturated carbocycles. The van der Waals surface area contributed by atoms with Crippen molar-refractivity contribution in [2.24, 2.45) is 5.73 Å². The lowest BCUT2D eigenvalue weighted by molar-refractivity contribution is 0.0997. The maximum atomic E-state index is 10.9. The van der Waals surface area contributed by atoms with Crippen LogP contribution in [0.4, 0.5) is 5.69 Å². The summed E-state index contributed by atoms with van der Waals surface area (Å²) in [5.41, 5.74) is 11.2. The lowest BCUT2D eigenvalue weighted by Gasteiger charge is -2.07. The van der Waals surface area contributed by atoms with E-state index in [0.717, 1.165) is 0 Å². The number of halogens is 1. The van der Waals surface area contributed by atoms with E-state index in [4.69, 9.17) is 27.8 Å². The molecule has 0 saturated heterocycles. The van der Waals surface area contributed by atoms with Crippen LogP contribution in [0.15, 0.2) is 12.1 Å². The van der Waals surface area contributed by atoms with Crippen molar-refractivity contribution in [2.75, 3.05) is 12.8 Å². The number of methoxy groups -OCH3 is 1. The first kappa shape index (κ1) is 9.67. The molecule has 0 aliphatic heterocycles. The van der Waals surface area contributed by atoms with Crippen molar-refractivity contribution in [3.05, 3.63) is 22.7 Å². The van der Waals surface area contributed by atoms with Gasteiger partial charge in [0, 0.05) is 11.8 Å². The van der Waals surface area contributed by atoms with Crippen LogP contribution in [0.2, 0.25) is 5.02 Å². The average molecular weight is 201 g/mol. The Morgan fingerprint density at radius 1 is 1.54 bits per heavy atom. The van der Waals surface area contributed by atoms with Crippen LogP contribution in [0.1, 0.15) is 10.4 Å². The molecule has 4 N–H and O–H groups in total. The van der Waals surface area contributed by atoms with Gasteiger partial charge in [-0.1, -0.05) is 11.6 Å². The highest BCUT2D eigenvalue weighted by molar-refractivity contribution is 6.34. The number of anilines is 1. The Labute approximate surface area is 80.4 Å². The van der Waals surface area contributed by atoms with Crippen LogP contribution in [0, 0.1) is 0 Å². The first-order chi connectivity index (χ1) is 6.06. The number of benzene rings is 1. The molecule has 1 aromatic rings. The lowest BCUT2D eigenvalue weighted by atomic mass is 10.1.